The summed E-state index contributed by atoms with van der Waals surface area (Å²) < 4.78 is 35.2. The molecule has 0 radical (unpaired) electrons. The van der Waals surface area contributed by atoms with Gasteiger partial charge in [0, 0.05) is 6.42 Å². The van der Waals surface area contributed by atoms with Crippen LogP contribution in [0.4, 0.5) is 11.4 Å². The first-order valence-corrected chi connectivity index (χ1v) is 9.32. The number of ether oxygens (including phenoxy) is 2. The van der Waals surface area contributed by atoms with Crippen molar-refractivity contribution in [3.8, 4) is 11.5 Å². The van der Waals surface area contributed by atoms with Gasteiger partial charge in [-0.2, -0.15) is 0 Å². The summed E-state index contributed by atoms with van der Waals surface area (Å²) in [5, 5.41) is 2.66. The van der Waals surface area contributed by atoms with Gasteiger partial charge in [-0.25, -0.2) is 13.2 Å². The Balaban J connectivity index is 2.58. The molecule has 0 aliphatic rings. The lowest BCUT2D eigenvalue weighted by atomic mass is 10.1. The summed E-state index contributed by atoms with van der Waals surface area (Å²) in [5.74, 6) is -0.484. The van der Waals surface area contributed by atoms with Crippen molar-refractivity contribution >= 4 is 34.1 Å². The number of methoxy groups -OCH3 is 1. The van der Waals surface area contributed by atoms with Gasteiger partial charge >= 0.3 is 5.97 Å². The lowest BCUT2D eigenvalue weighted by molar-refractivity contribution is -0.116. The Kier molecular flexibility index (Phi) is 7.18. The number of hydrogen-bond acceptors (Lipinski definition) is 6. The van der Waals surface area contributed by atoms with Crippen molar-refractivity contribution in [1.29, 1.82) is 0 Å². The molecule has 2 N–H and O–H groups in total. The Labute approximate surface area is 158 Å². The molecular formula is C18H20N2O6S. The summed E-state index contributed by atoms with van der Waals surface area (Å²) in [7, 11) is -1.84. The van der Waals surface area contributed by atoms with Crippen LogP contribution >= 0.6 is 0 Å². The molecule has 1 amide bonds. The number of amides is 1. The van der Waals surface area contributed by atoms with Crippen LogP contribution in [0, 0.1) is 0 Å². The summed E-state index contributed by atoms with van der Waals surface area (Å²) in [6.45, 7) is 1.85. The molecule has 8 nitrogen and oxygen atoms in total. The van der Waals surface area contributed by atoms with E-state index in [9.17, 15) is 18.0 Å². The van der Waals surface area contributed by atoms with Gasteiger partial charge < -0.3 is 14.8 Å². The fraction of sp³-hybridized carbons (Fsp3) is 0.222. The first-order valence-electron chi connectivity index (χ1n) is 8.14. The van der Waals surface area contributed by atoms with Crippen molar-refractivity contribution in [3.05, 3.63) is 48.0 Å². The molecule has 27 heavy (non-hydrogen) atoms. The second-order valence-corrected chi connectivity index (χ2v) is 6.21. The van der Waals surface area contributed by atoms with E-state index >= 15 is 0 Å². The summed E-state index contributed by atoms with van der Waals surface area (Å²) in [6, 6.07) is 11.3. The molecule has 2 aromatic carbocycles. The van der Waals surface area contributed by atoms with Gasteiger partial charge in [-0.3, -0.25) is 9.52 Å². The Morgan fingerprint density at radius 1 is 1.07 bits per heavy atom. The molecule has 0 heterocycles. The molecule has 0 aromatic heterocycles. The minimum atomic E-state index is -3.04. The maximum absolute atomic E-state index is 12.1. The predicted molar refractivity (Wildman–Crippen MR) is 102 cm³/mol. The summed E-state index contributed by atoms with van der Waals surface area (Å²) >= 11 is 0. The van der Waals surface area contributed by atoms with Gasteiger partial charge in [0.15, 0.2) is 5.75 Å². The molecule has 0 spiro atoms. The van der Waals surface area contributed by atoms with Crippen molar-refractivity contribution < 1.29 is 27.5 Å². The number of carbonyl (C=O) groups is 2. The maximum Gasteiger partial charge on any atom is 0.338 e. The van der Waals surface area contributed by atoms with Gasteiger partial charge in [0.2, 0.25) is 16.8 Å². The molecule has 9 heteroatoms. The summed E-state index contributed by atoms with van der Waals surface area (Å²) in [6.07, 6.45) is 0.876. The van der Waals surface area contributed by atoms with E-state index in [4.69, 9.17) is 9.47 Å². The molecule has 0 bridgehead atoms. The van der Waals surface area contributed by atoms with Crippen LogP contribution in [0.1, 0.15) is 30.1 Å². The number of hydrogen-bond donors (Lipinski definition) is 3. The second kappa shape index (κ2) is 9.58. The molecule has 0 fully saturated rings. The Bertz CT molecular complexity index is 888. The SMILES string of the molecule is CCCC(=O)Nc1cc(C(=O)OC)cc(N[SH](=O)=O)c1Oc1ccccc1. The minimum absolute atomic E-state index is 0.00432. The number of nitrogens with one attached hydrogen (secondary N) is 2. The van der Waals surface area contributed by atoms with Crippen LogP contribution in [0.2, 0.25) is 0 Å². The number of para-hydroxylation sites is 1. The number of carbonyl (C=O) groups excluding carboxylic acids is 2. The zero-order chi connectivity index (χ0) is 19.8. The Morgan fingerprint density at radius 2 is 1.74 bits per heavy atom. The molecule has 0 aliphatic carbocycles. The van der Waals surface area contributed by atoms with Crippen LogP contribution in [0.25, 0.3) is 0 Å². The number of benzene rings is 2. The number of esters is 1. The molecule has 144 valence electrons. The fourth-order valence-electron chi connectivity index (χ4n) is 2.29. The summed E-state index contributed by atoms with van der Waals surface area (Å²) in [5.41, 5.74) is 0.216. The van der Waals surface area contributed by atoms with Crippen LogP contribution in [-0.2, 0) is 20.4 Å². The monoisotopic (exact) mass is 392 g/mol. The molecule has 2 aromatic rings. The average molecular weight is 392 g/mol. The quantitative estimate of drug-likeness (QED) is 0.471. The van der Waals surface area contributed by atoms with Crippen LogP contribution in [-0.4, -0.2) is 27.4 Å². The third-order valence-electron chi connectivity index (χ3n) is 3.44. The van der Waals surface area contributed by atoms with Gasteiger partial charge in [-0.05, 0) is 30.7 Å². The zero-order valence-electron chi connectivity index (χ0n) is 14.9. The van der Waals surface area contributed by atoms with Crippen LogP contribution in [0.15, 0.2) is 42.5 Å². The van der Waals surface area contributed by atoms with Gasteiger partial charge in [0.1, 0.15) is 5.75 Å². The lowest BCUT2D eigenvalue weighted by Crippen LogP contribution is -2.14. The molecule has 0 aliphatic heterocycles. The van der Waals surface area contributed by atoms with Crippen molar-refractivity contribution in [2.75, 3.05) is 17.1 Å². The van der Waals surface area contributed by atoms with E-state index in [1.165, 1.54) is 19.2 Å². The number of anilines is 2. The third-order valence-corrected chi connectivity index (χ3v) is 3.86. The topological polar surface area (TPSA) is 111 Å². The highest BCUT2D eigenvalue weighted by molar-refractivity contribution is 7.73. The highest BCUT2D eigenvalue weighted by Gasteiger charge is 2.19. The van der Waals surface area contributed by atoms with Crippen LogP contribution < -0.4 is 14.8 Å². The predicted octanol–water partition coefficient (Wildman–Crippen LogP) is 2.94. The molecule has 0 saturated carbocycles. The number of rotatable bonds is 8. The van der Waals surface area contributed by atoms with Crippen molar-refractivity contribution in [2.24, 2.45) is 0 Å². The van der Waals surface area contributed by atoms with Crippen molar-refractivity contribution in [2.45, 2.75) is 19.8 Å². The molecule has 0 unspecified atom stereocenters. The van der Waals surface area contributed by atoms with Crippen LogP contribution in [0.3, 0.4) is 0 Å². The van der Waals surface area contributed by atoms with Gasteiger partial charge in [-0.15, -0.1) is 0 Å². The Morgan fingerprint density at radius 3 is 2.33 bits per heavy atom. The molecular weight excluding hydrogens is 372 g/mol. The highest BCUT2D eigenvalue weighted by atomic mass is 32.2. The van der Waals surface area contributed by atoms with Crippen molar-refractivity contribution in [1.82, 2.24) is 0 Å². The minimum Gasteiger partial charge on any atom is -0.465 e. The number of thiol groups is 1. The first-order chi connectivity index (χ1) is 12.9. The normalized spacial score (nSPS) is 10.3. The van der Waals surface area contributed by atoms with Crippen LogP contribution in [0.5, 0.6) is 11.5 Å². The molecule has 0 atom stereocenters. The van der Waals surface area contributed by atoms with E-state index in [0.717, 1.165) is 0 Å². The Hall–Kier alpha value is -3.07. The maximum atomic E-state index is 12.1. The van der Waals surface area contributed by atoms with Gasteiger partial charge in [-0.1, -0.05) is 25.1 Å². The van der Waals surface area contributed by atoms with Gasteiger partial charge in [0.25, 0.3) is 0 Å². The summed E-state index contributed by atoms with van der Waals surface area (Å²) in [4.78, 5) is 24.0. The highest BCUT2D eigenvalue weighted by Crippen LogP contribution is 2.38. The average Bonchev–Trinajstić information content (AvgIpc) is 2.64. The fourth-order valence-corrected chi connectivity index (χ4v) is 2.66. The standard InChI is InChI=1S/C18H20N2O6S/c1-3-7-16(21)19-14-10-12(18(22)25-2)11-15(20-27(23)24)17(14)26-13-8-5-4-6-9-13/h4-6,8-11,27H,3,7H2,1-2H3,(H,19,21)(H,20,23,24). The van der Waals surface area contributed by atoms with E-state index in [1.54, 1.807) is 30.3 Å². The van der Waals surface area contributed by atoms with Crippen molar-refractivity contribution in [3.63, 3.8) is 0 Å². The van der Waals surface area contributed by atoms with E-state index in [0.29, 0.717) is 12.2 Å². The first kappa shape index (κ1) is 20.2. The lowest BCUT2D eigenvalue weighted by Gasteiger charge is -2.17. The largest absolute Gasteiger partial charge is 0.465 e. The second-order valence-electron chi connectivity index (χ2n) is 5.47. The van der Waals surface area contributed by atoms with E-state index in [1.807, 2.05) is 6.92 Å². The molecule has 2 rings (SSSR count). The smallest absolute Gasteiger partial charge is 0.338 e. The van der Waals surface area contributed by atoms with E-state index in [2.05, 4.69) is 10.0 Å². The van der Waals surface area contributed by atoms with E-state index < -0.39 is 16.9 Å². The van der Waals surface area contributed by atoms with E-state index in [-0.39, 0.29) is 35.0 Å². The zero-order valence-corrected chi connectivity index (χ0v) is 15.7. The van der Waals surface area contributed by atoms with Gasteiger partial charge in [0.05, 0.1) is 24.0 Å². The third kappa shape index (κ3) is 5.71. The molecule has 0 saturated heterocycles.